The van der Waals surface area contributed by atoms with Crippen LogP contribution in [0.25, 0.3) is 0 Å². The number of Topliss-reactive ketones (excluding diaryl/α,β-unsaturated/α-hetero) is 1. The molecule has 0 spiro atoms. The number of rotatable bonds is 6. The van der Waals surface area contributed by atoms with Crippen molar-refractivity contribution in [1.82, 2.24) is 0 Å². The van der Waals surface area contributed by atoms with Gasteiger partial charge in [0.05, 0.1) is 24.1 Å². The molecule has 0 saturated heterocycles. The second-order valence-corrected chi connectivity index (χ2v) is 7.12. The number of carbonyl (C=O) groups is 2. The van der Waals surface area contributed by atoms with Crippen LogP contribution in [-0.4, -0.2) is 45.3 Å². The first-order chi connectivity index (χ1) is 9.89. The first-order valence-corrected chi connectivity index (χ1v) is 8.46. The molecule has 1 amide bonds. The highest BCUT2D eigenvalue weighted by Crippen LogP contribution is 2.31. The van der Waals surface area contributed by atoms with Crippen molar-refractivity contribution in [3.63, 3.8) is 0 Å². The topological polar surface area (TPSA) is 80.8 Å². The van der Waals surface area contributed by atoms with E-state index in [4.69, 9.17) is 4.74 Å². The predicted molar refractivity (Wildman–Crippen MR) is 78.6 cm³/mol. The Morgan fingerprint density at radius 1 is 1.19 bits per heavy atom. The largest absolute Gasteiger partial charge is 0.497 e. The number of methoxy groups -OCH3 is 1. The summed E-state index contributed by atoms with van der Waals surface area (Å²) in [6, 6.07) is 4.73. The van der Waals surface area contributed by atoms with Gasteiger partial charge in [-0.3, -0.25) is 9.59 Å². The Bertz CT molecular complexity index is 681. The third kappa shape index (κ3) is 3.07. The van der Waals surface area contributed by atoms with Crippen LogP contribution in [0.2, 0.25) is 0 Å². The zero-order valence-electron chi connectivity index (χ0n) is 12.0. The van der Waals surface area contributed by atoms with Crippen LogP contribution in [-0.2, 0) is 14.6 Å². The van der Waals surface area contributed by atoms with Crippen LogP contribution in [0.1, 0.15) is 23.7 Å². The van der Waals surface area contributed by atoms with E-state index in [2.05, 4.69) is 0 Å². The molecule has 114 valence electrons. The van der Waals surface area contributed by atoms with Gasteiger partial charge in [0.15, 0.2) is 9.84 Å². The Morgan fingerprint density at radius 2 is 1.90 bits per heavy atom. The monoisotopic (exact) mass is 311 g/mol. The smallest absolute Gasteiger partial charge is 0.299 e. The standard InChI is InChI=1S/C14H17NO5S/c1-3-7-21(18,19)8-6-15-12-5-4-10(20-2)9-11(12)13(16)14(15)17/h4-5,9H,3,6-8H2,1-2H3. The molecule has 1 heterocycles. The molecule has 0 saturated carbocycles. The van der Waals surface area contributed by atoms with Crippen molar-refractivity contribution >= 4 is 27.2 Å². The van der Waals surface area contributed by atoms with Gasteiger partial charge in [-0.05, 0) is 24.6 Å². The minimum absolute atomic E-state index is 0.00770. The minimum atomic E-state index is -3.21. The fraction of sp³-hybridized carbons (Fsp3) is 0.429. The third-order valence-corrected chi connectivity index (χ3v) is 5.15. The van der Waals surface area contributed by atoms with Gasteiger partial charge >= 0.3 is 0 Å². The van der Waals surface area contributed by atoms with Crippen molar-refractivity contribution in [3.05, 3.63) is 23.8 Å². The Morgan fingerprint density at radius 3 is 2.52 bits per heavy atom. The second kappa shape index (κ2) is 5.85. The molecule has 0 N–H and O–H groups in total. The number of amides is 1. The van der Waals surface area contributed by atoms with Crippen LogP contribution in [0.15, 0.2) is 18.2 Å². The Kier molecular flexibility index (Phi) is 4.32. The molecule has 2 rings (SSSR count). The van der Waals surface area contributed by atoms with E-state index in [9.17, 15) is 18.0 Å². The van der Waals surface area contributed by atoms with Crippen LogP contribution in [0.3, 0.4) is 0 Å². The maximum atomic E-state index is 12.0. The van der Waals surface area contributed by atoms with Crippen molar-refractivity contribution in [2.24, 2.45) is 0 Å². The van der Waals surface area contributed by atoms with E-state index in [0.29, 0.717) is 17.9 Å². The van der Waals surface area contributed by atoms with E-state index in [-0.39, 0.29) is 23.6 Å². The molecule has 0 unspecified atom stereocenters. The second-order valence-electron chi connectivity index (χ2n) is 4.82. The molecular formula is C14H17NO5S. The predicted octanol–water partition coefficient (Wildman–Crippen LogP) is 1.05. The summed E-state index contributed by atoms with van der Waals surface area (Å²) in [7, 11) is -1.73. The third-order valence-electron chi connectivity index (χ3n) is 3.32. The van der Waals surface area contributed by atoms with Crippen molar-refractivity contribution in [2.45, 2.75) is 13.3 Å². The average Bonchev–Trinajstić information content (AvgIpc) is 2.68. The number of sulfone groups is 1. The molecule has 0 fully saturated rings. The van der Waals surface area contributed by atoms with Gasteiger partial charge in [0.25, 0.3) is 11.7 Å². The van der Waals surface area contributed by atoms with E-state index in [0.717, 1.165) is 0 Å². The molecule has 0 aliphatic carbocycles. The number of fused-ring (bicyclic) bond motifs is 1. The van der Waals surface area contributed by atoms with Crippen molar-refractivity contribution in [2.75, 3.05) is 30.1 Å². The average molecular weight is 311 g/mol. The van der Waals surface area contributed by atoms with E-state index in [1.807, 2.05) is 0 Å². The summed E-state index contributed by atoms with van der Waals surface area (Å²) in [5.74, 6) is -0.902. The first kappa shape index (κ1) is 15.5. The number of anilines is 1. The normalized spacial score (nSPS) is 14.5. The highest BCUT2D eigenvalue weighted by Gasteiger charge is 2.36. The molecule has 0 radical (unpaired) electrons. The molecular weight excluding hydrogens is 294 g/mol. The lowest BCUT2D eigenvalue weighted by Crippen LogP contribution is -2.34. The summed E-state index contributed by atoms with van der Waals surface area (Å²) in [6.45, 7) is 1.77. The number of benzene rings is 1. The van der Waals surface area contributed by atoms with Gasteiger partial charge in [-0.15, -0.1) is 0 Å². The summed E-state index contributed by atoms with van der Waals surface area (Å²) >= 11 is 0. The number of ketones is 1. The molecule has 1 aliphatic heterocycles. The van der Waals surface area contributed by atoms with Gasteiger partial charge in [0, 0.05) is 12.3 Å². The quantitative estimate of drug-likeness (QED) is 0.734. The molecule has 6 nitrogen and oxygen atoms in total. The van der Waals surface area contributed by atoms with Gasteiger partial charge in [0.1, 0.15) is 5.75 Å². The van der Waals surface area contributed by atoms with Crippen molar-refractivity contribution in [1.29, 1.82) is 0 Å². The van der Waals surface area contributed by atoms with Gasteiger partial charge in [-0.1, -0.05) is 6.92 Å². The van der Waals surface area contributed by atoms with Crippen molar-refractivity contribution < 1.29 is 22.7 Å². The molecule has 1 aromatic rings. The fourth-order valence-corrected chi connectivity index (χ4v) is 3.56. The number of carbonyl (C=O) groups excluding carboxylic acids is 2. The first-order valence-electron chi connectivity index (χ1n) is 6.64. The van der Waals surface area contributed by atoms with E-state index in [1.54, 1.807) is 19.1 Å². The number of hydrogen-bond acceptors (Lipinski definition) is 5. The van der Waals surface area contributed by atoms with Crippen LogP contribution in [0.5, 0.6) is 5.75 Å². The molecule has 0 aromatic heterocycles. The lowest BCUT2D eigenvalue weighted by atomic mass is 10.1. The summed E-state index contributed by atoms with van der Waals surface area (Å²) < 4.78 is 28.5. The number of nitrogens with zero attached hydrogens (tertiary/aromatic N) is 1. The minimum Gasteiger partial charge on any atom is -0.497 e. The van der Waals surface area contributed by atoms with E-state index in [1.165, 1.54) is 18.1 Å². The zero-order valence-corrected chi connectivity index (χ0v) is 12.8. The molecule has 21 heavy (non-hydrogen) atoms. The molecule has 1 aliphatic rings. The van der Waals surface area contributed by atoms with E-state index < -0.39 is 21.5 Å². The SMILES string of the molecule is CCCS(=O)(=O)CCN1C(=O)C(=O)c2cc(OC)ccc21. The summed E-state index contributed by atoms with van der Waals surface area (Å²) in [5.41, 5.74) is 0.699. The van der Waals surface area contributed by atoms with E-state index >= 15 is 0 Å². The summed E-state index contributed by atoms with van der Waals surface area (Å²) in [4.78, 5) is 25.1. The highest BCUT2D eigenvalue weighted by atomic mass is 32.2. The van der Waals surface area contributed by atoms with Gasteiger partial charge in [-0.2, -0.15) is 0 Å². The summed E-state index contributed by atoms with van der Waals surface area (Å²) in [6.07, 6.45) is 0.531. The number of hydrogen-bond donors (Lipinski definition) is 0. The highest BCUT2D eigenvalue weighted by molar-refractivity contribution is 7.91. The van der Waals surface area contributed by atoms with Crippen LogP contribution in [0.4, 0.5) is 5.69 Å². The Hall–Kier alpha value is -1.89. The summed E-state index contributed by atoms with van der Waals surface area (Å²) in [5, 5.41) is 0. The molecule has 0 bridgehead atoms. The van der Waals surface area contributed by atoms with Gasteiger partial charge in [0.2, 0.25) is 0 Å². The van der Waals surface area contributed by atoms with Crippen LogP contribution < -0.4 is 9.64 Å². The Balaban J connectivity index is 2.24. The lowest BCUT2D eigenvalue weighted by molar-refractivity contribution is -0.114. The van der Waals surface area contributed by atoms with Crippen molar-refractivity contribution in [3.8, 4) is 5.75 Å². The van der Waals surface area contributed by atoms with Gasteiger partial charge in [-0.25, -0.2) is 8.42 Å². The van der Waals surface area contributed by atoms with Gasteiger partial charge < -0.3 is 9.64 Å². The molecule has 1 aromatic carbocycles. The van der Waals surface area contributed by atoms with Crippen LogP contribution in [0, 0.1) is 0 Å². The molecule has 7 heteroatoms. The molecule has 0 atom stereocenters. The Labute approximate surface area is 123 Å². The fourth-order valence-electron chi connectivity index (χ4n) is 2.27. The maximum Gasteiger partial charge on any atom is 0.299 e. The zero-order chi connectivity index (χ0) is 15.6. The maximum absolute atomic E-state index is 12.0. The number of ether oxygens (including phenoxy) is 1. The lowest BCUT2D eigenvalue weighted by Gasteiger charge is -2.16. The van der Waals surface area contributed by atoms with Crippen LogP contribution >= 0.6 is 0 Å².